The van der Waals surface area contributed by atoms with Crippen molar-refractivity contribution in [3.05, 3.63) is 24.3 Å². The highest BCUT2D eigenvalue weighted by Gasteiger charge is 2.28. The van der Waals surface area contributed by atoms with Gasteiger partial charge in [-0.1, -0.05) is 0 Å². The highest BCUT2D eigenvalue weighted by atomic mass is 19.4. The van der Waals surface area contributed by atoms with E-state index in [1.165, 1.54) is 6.42 Å². The predicted octanol–water partition coefficient (Wildman–Crippen LogP) is 3.59. The van der Waals surface area contributed by atoms with Crippen LogP contribution in [0.15, 0.2) is 24.3 Å². The van der Waals surface area contributed by atoms with Crippen LogP contribution in [0.3, 0.4) is 0 Å². The van der Waals surface area contributed by atoms with Crippen LogP contribution in [-0.2, 0) is 0 Å². The number of alkyl halides is 3. The Morgan fingerprint density at radius 2 is 1.82 bits per heavy atom. The molecule has 0 radical (unpaired) electrons. The fourth-order valence-corrected chi connectivity index (χ4v) is 1.60. The smallest absolute Gasteiger partial charge is 0.422 e. The second-order valence-electron chi connectivity index (χ2n) is 4.20. The van der Waals surface area contributed by atoms with Gasteiger partial charge in [0.15, 0.2) is 6.61 Å². The fraction of sp³-hybridized carbons (Fsp3) is 0.500. The van der Waals surface area contributed by atoms with E-state index in [2.05, 4.69) is 10.1 Å². The van der Waals surface area contributed by atoms with Crippen LogP contribution < -0.4 is 10.1 Å². The monoisotopic (exact) mass is 245 g/mol. The molecule has 0 saturated heterocycles. The number of benzene rings is 1. The number of hydrogen-bond acceptors (Lipinski definition) is 2. The summed E-state index contributed by atoms with van der Waals surface area (Å²) in [7, 11) is 0. The molecule has 0 spiro atoms. The quantitative estimate of drug-likeness (QED) is 0.875. The van der Waals surface area contributed by atoms with Crippen LogP contribution in [0, 0.1) is 0 Å². The fourth-order valence-electron chi connectivity index (χ4n) is 1.60. The zero-order valence-electron chi connectivity index (χ0n) is 9.26. The van der Waals surface area contributed by atoms with Gasteiger partial charge in [0.25, 0.3) is 0 Å². The number of ether oxygens (including phenoxy) is 1. The summed E-state index contributed by atoms with van der Waals surface area (Å²) in [5.74, 6) is 0.237. The average Bonchev–Trinajstić information content (AvgIpc) is 2.21. The van der Waals surface area contributed by atoms with E-state index in [0.29, 0.717) is 6.04 Å². The van der Waals surface area contributed by atoms with Crippen LogP contribution >= 0.6 is 0 Å². The van der Waals surface area contributed by atoms with Crippen molar-refractivity contribution >= 4 is 5.69 Å². The maximum atomic E-state index is 11.9. The van der Waals surface area contributed by atoms with E-state index in [9.17, 15) is 13.2 Å². The zero-order chi connectivity index (χ0) is 12.3. The van der Waals surface area contributed by atoms with Gasteiger partial charge in [-0.05, 0) is 43.5 Å². The molecule has 1 aromatic rings. The summed E-state index contributed by atoms with van der Waals surface area (Å²) in [6, 6.07) is 7.09. The van der Waals surface area contributed by atoms with Gasteiger partial charge in [0.05, 0.1) is 0 Å². The van der Waals surface area contributed by atoms with E-state index in [0.717, 1.165) is 18.5 Å². The molecule has 0 aromatic heterocycles. The Morgan fingerprint density at radius 1 is 1.18 bits per heavy atom. The van der Waals surface area contributed by atoms with Crippen molar-refractivity contribution in [2.45, 2.75) is 31.5 Å². The Labute approximate surface area is 97.8 Å². The van der Waals surface area contributed by atoms with Crippen molar-refractivity contribution in [1.82, 2.24) is 0 Å². The van der Waals surface area contributed by atoms with Crippen LogP contribution in [0.2, 0.25) is 0 Å². The van der Waals surface area contributed by atoms with E-state index in [1.807, 2.05) is 0 Å². The topological polar surface area (TPSA) is 21.3 Å². The molecule has 1 aliphatic rings. The van der Waals surface area contributed by atoms with Gasteiger partial charge in [-0.25, -0.2) is 0 Å². The molecule has 1 fully saturated rings. The van der Waals surface area contributed by atoms with Crippen LogP contribution in [0.4, 0.5) is 18.9 Å². The molecule has 2 rings (SSSR count). The molecule has 2 nitrogen and oxygen atoms in total. The lowest BCUT2D eigenvalue weighted by Gasteiger charge is -2.27. The molecule has 5 heteroatoms. The van der Waals surface area contributed by atoms with E-state index >= 15 is 0 Å². The van der Waals surface area contributed by atoms with Crippen molar-refractivity contribution < 1.29 is 17.9 Å². The highest BCUT2D eigenvalue weighted by molar-refractivity contribution is 5.47. The van der Waals surface area contributed by atoms with E-state index in [4.69, 9.17) is 0 Å². The summed E-state index contributed by atoms with van der Waals surface area (Å²) in [6.45, 7) is -1.25. The summed E-state index contributed by atoms with van der Waals surface area (Å²) in [6.07, 6.45) is -0.730. The van der Waals surface area contributed by atoms with Crippen molar-refractivity contribution in [2.24, 2.45) is 0 Å². The molecule has 1 saturated carbocycles. The molecule has 17 heavy (non-hydrogen) atoms. The third-order valence-corrected chi connectivity index (χ3v) is 2.73. The summed E-state index contributed by atoms with van der Waals surface area (Å²) >= 11 is 0. The second kappa shape index (κ2) is 4.85. The van der Waals surface area contributed by atoms with Crippen LogP contribution in [0.5, 0.6) is 5.75 Å². The lowest BCUT2D eigenvalue weighted by atomic mass is 9.93. The molecule has 0 bridgehead atoms. The first-order valence-corrected chi connectivity index (χ1v) is 5.59. The highest BCUT2D eigenvalue weighted by Crippen LogP contribution is 2.25. The van der Waals surface area contributed by atoms with Crippen molar-refractivity contribution in [3.8, 4) is 5.75 Å². The molecule has 0 amide bonds. The molecular formula is C12H14F3NO. The normalized spacial score (nSPS) is 16.4. The maximum absolute atomic E-state index is 11.9. The van der Waals surface area contributed by atoms with Crippen LogP contribution in [0.25, 0.3) is 0 Å². The molecule has 1 N–H and O–H groups in total. The van der Waals surface area contributed by atoms with E-state index in [-0.39, 0.29) is 5.75 Å². The molecule has 1 aliphatic carbocycles. The maximum Gasteiger partial charge on any atom is 0.422 e. The van der Waals surface area contributed by atoms with Gasteiger partial charge in [0.2, 0.25) is 0 Å². The summed E-state index contributed by atoms with van der Waals surface area (Å²) in [5.41, 5.74) is 0.925. The van der Waals surface area contributed by atoms with Gasteiger partial charge in [0, 0.05) is 11.7 Å². The van der Waals surface area contributed by atoms with Crippen molar-refractivity contribution in [3.63, 3.8) is 0 Å². The number of nitrogens with one attached hydrogen (secondary N) is 1. The standard InChI is InChI=1S/C12H14F3NO/c13-12(14,15)8-17-11-6-4-10(5-7-11)16-9-2-1-3-9/h4-7,9,16H,1-3,8H2. The average molecular weight is 245 g/mol. The van der Waals surface area contributed by atoms with Crippen molar-refractivity contribution in [1.29, 1.82) is 0 Å². The molecule has 0 aliphatic heterocycles. The second-order valence-corrected chi connectivity index (χ2v) is 4.20. The first-order chi connectivity index (χ1) is 8.03. The van der Waals surface area contributed by atoms with E-state index in [1.54, 1.807) is 24.3 Å². The molecule has 0 unspecified atom stereocenters. The Balaban J connectivity index is 1.84. The minimum absolute atomic E-state index is 0.237. The van der Waals surface area contributed by atoms with Gasteiger partial charge in [-0.15, -0.1) is 0 Å². The molecule has 0 heterocycles. The molecule has 94 valence electrons. The molecule has 1 aromatic carbocycles. The van der Waals surface area contributed by atoms with Crippen LogP contribution in [-0.4, -0.2) is 18.8 Å². The SMILES string of the molecule is FC(F)(F)COc1ccc(NC2CCC2)cc1. The lowest BCUT2D eigenvalue weighted by molar-refractivity contribution is -0.153. The lowest BCUT2D eigenvalue weighted by Crippen LogP contribution is -2.26. The first-order valence-electron chi connectivity index (χ1n) is 5.59. The summed E-state index contributed by atoms with van der Waals surface area (Å²) in [4.78, 5) is 0. The largest absolute Gasteiger partial charge is 0.484 e. The molecule has 0 atom stereocenters. The Hall–Kier alpha value is -1.39. The Kier molecular flexibility index (Phi) is 3.45. The van der Waals surface area contributed by atoms with Gasteiger partial charge < -0.3 is 10.1 Å². The predicted molar refractivity (Wildman–Crippen MR) is 59.3 cm³/mol. The summed E-state index contributed by atoms with van der Waals surface area (Å²) in [5, 5.41) is 3.30. The van der Waals surface area contributed by atoms with Gasteiger partial charge in [0.1, 0.15) is 5.75 Å². The van der Waals surface area contributed by atoms with Crippen LogP contribution in [0.1, 0.15) is 19.3 Å². The number of halogens is 3. The summed E-state index contributed by atoms with van der Waals surface area (Å²) < 4.78 is 40.3. The number of hydrogen-bond donors (Lipinski definition) is 1. The number of anilines is 1. The van der Waals surface area contributed by atoms with Gasteiger partial charge in [-0.2, -0.15) is 13.2 Å². The van der Waals surface area contributed by atoms with Gasteiger partial charge in [-0.3, -0.25) is 0 Å². The third-order valence-electron chi connectivity index (χ3n) is 2.73. The van der Waals surface area contributed by atoms with Gasteiger partial charge >= 0.3 is 6.18 Å². The zero-order valence-corrected chi connectivity index (χ0v) is 9.26. The Morgan fingerprint density at radius 3 is 2.29 bits per heavy atom. The minimum Gasteiger partial charge on any atom is -0.484 e. The van der Waals surface area contributed by atoms with E-state index < -0.39 is 12.8 Å². The Bertz CT molecular complexity index is 357. The first kappa shape index (κ1) is 12.1. The third kappa shape index (κ3) is 3.84. The number of rotatable bonds is 4. The minimum atomic E-state index is -4.29. The molecular weight excluding hydrogens is 231 g/mol. The van der Waals surface area contributed by atoms with Crippen molar-refractivity contribution in [2.75, 3.05) is 11.9 Å².